The standard InChI is InChI=1S/C23H33N3O3S2/c1-17(2)21-24-20(15-31-21)22(28)26-10-12-29-23(16-26)5-8-25(9-6-23)7-3-18-13-19(4-11-27)30-14-18/h13-15,17,27H,3-12,16H2,1-2H3. The van der Waals surface area contributed by atoms with E-state index in [0.717, 1.165) is 50.3 Å². The molecule has 1 N–H and O–H groups in total. The number of thiazole rings is 1. The van der Waals surface area contributed by atoms with Gasteiger partial charge in [-0.3, -0.25) is 4.79 Å². The first kappa shape index (κ1) is 22.9. The molecular weight excluding hydrogens is 430 g/mol. The first-order chi connectivity index (χ1) is 15.0. The maximum Gasteiger partial charge on any atom is 0.273 e. The van der Waals surface area contributed by atoms with Crippen LogP contribution in [0.3, 0.4) is 0 Å². The molecule has 2 fully saturated rings. The summed E-state index contributed by atoms with van der Waals surface area (Å²) in [4.78, 5) is 23.3. The number of carbonyl (C=O) groups is 1. The van der Waals surface area contributed by atoms with Gasteiger partial charge in [0.1, 0.15) is 5.69 Å². The Morgan fingerprint density at radius 1 is 1.23 bits per heavy atom. The molecule has 1 spiro atoms. The molecule has 0 unspecified atom stereocenters. The second-order valence-corrected chi connectivity index (χ2v) is 10.9. The Hall–Kier alpha value is -1.32. The van der Waals surface area contributed by atoms with Crippen LogP contribution in [0, 0.1) is 0 Å². The second-order valence-electron chi connectivity index (χ2n) is 8.97. The molecule has 2 aliphatic heterocycles. The molecule has 0 atom stereocenters. The quantitative estimate of drug-likeness (QED) is 0.682. The minimum Gasteiger partial charge on any atom is -0.396 e. The zero-order valence-electron chi connectivity index (χ0n) is 18.5. The maximum absolute atomic E-state index is 13.0. The molecule has 4 heterocycles. The average molecular weight is 464 g/mol. The zero-order chi connectivity index (χ0) is 21.8. The molecule has 170 valence electrons. The van der Waals surface area contributed by atoms with E-state index in [4.69, 9.17) is 9.84 Å². The van der Waals surface area contributed by atoms with Crippen molar-refractivity contribution in [1.29, 1.82) is 0 Å². The number of nitrogens with zero attached hydrogens (tertiary/aromatic N) is 3. The Kier molecular flexibility index (Phi) is 7.44. The number of carbonyl (C=O) groups excluding carboxylic acids is 1. The molecule has 2 aliphatic rings. The molecule has 0 bridgehead atoms. The Bertz CT molecular complexity index is 871. The van der Waals surface area contributed by atoms with Crippen molar-refractivity contribution in [3.05, 3.63) is 38.0 Å². The van der Waals surface area contributed by atoms with Crippen LogP contribution in [-0.2, 0) is 17.6 Å². The Labute approximate surface area is 192 Å². The fraction of sp³-hybridized carbons (Fsp3) is 0.652. The molecule has 8 heteroatoms. The Morgan fingerprint density at radius 2 is 2.03 bits per heavy atom. The number of hydrogen-bond acceptors (Lipinski definition) is 7. The lowest BCUT2D eigenvalue weighted by atomic mass is 9.89. The number of piperidine rings is 1. The van der Waals surface area contributed by atoms with Gasteiger partial charge in [0.05, 0.1) is 23.8 Å². The lowest BCUT2D eigenvalue weighted by molar-refractivity contribution is -0.127. The molecule has 31 heavy (non-hydrogen) atoms. The SMILES string of the molecule is CC(C)c1nc(C(=O)N2CCOC3(CCN(CCc4csc(CCO)c4)CC3)C2)cs1. The number of aromatic nitrogens is 1. The number of amides is 1. The van der Waals surface area contributed by atoms with Crippen LogP contribution in [-0.4, -0.2) is 77.3 Å². The number of aliphatic hydroxyl groups excluding tert-OH is 1. The zero-order valence-corrected chi connectivity index (χ0v) is 20.1. The van der Waals surface area contributed by atoms with E-state index in [1.165, 1.54) is 10.4 Å². The van der Waals surface area contributed by atoms with Crippen LogP contribution in [0.25, 0.3) is 0 Å². The van der Waals surface area contributed by atoms with E-state index in [9.17, 15) is 4.79 Å². The maximum atomic E-state index is 13.0. The van der Waals surface area contributed by atoms with Gasteiger partial charge in [-0.15, -0.1) is 22.7 Å². The third-order valence-corrected chi connectivity index (χ3v) is 8.51. The molecule has 2 aromatic heterocycles. The molecule has 2 aromatic rings. The number of thiophene rings is 1. The lowest BCUT2D eigenvalue weighted by Gasteiger charge is -2.47. The van der Waals surface area contributed by atoms with Gasteiger partial charge in [-0.1, -0.05) is 13.8 Å². The fourth-order valence-electron chi connectivity index (χ4n) is 4.40. The highest BCUT2D eigenvalue weighted by atomic mass is 32.1. The monoisotopic (exact) mass is 463 g/mol. The van der Waals surface area contributed by atoms with Gasteiger partial charge in [-0.2, -0.15) is 0 Å². The summed E-state index contributed by atoms with van der Waals surface area (Å²) in [6.45, 7) is 9.41. The van der Waals surface area contributed by atoms with Crippen LogP contribution in [0.2, 0.25) is 0 Å². The van der Waals surface area contributed by atoms with Gasteiger partial charge in [0, 0.05) is 55.4 Å². The summed E-state index contributed by atoms with van der Waals surface area (Å²) in [6.07, 6.45) is 3.72. The van der Waals surface area contributed by atoms with Gasteiger partial charge >= 0.3 is 0 Å². The largest absolute Gasteiger partial charge is 0.396 e. The van der Waals surface area contributed by atoms with E-state index < -0.39 is 0 Å². The van der Waals surface area contributed by atoms with E-state index in [2.05, 4.69) is 35.2 Å². The molecule has 1 amide bonds. The van der Waals surface area contributed by atoms with Crippen LogP contribution in [0.1, 0.15) is 58.5 Å². The minimum absolute atomic E-state index is 0.0457. The normalized spacial score (nSPS) is 19.4. The summed E-state index contributed by atoms with van der Waals surface area (Å²) in [5.74, 6) is 0.395. The lowest BCUT2D eigenvalue weighted by Crippen LogP contribution is -2.58. The predicted molar refractivity (Wildman–Crippen MR) is 125 cm³/mol. The van der Waals surface area contributed by atoms with Crippen LogP contribution in [0.15, 0.2) is 16.8 Å². The first-order valence-electron chi connectivity index (χ1n) is 11.3. The van der Waals surface area contributed by atoms with Crippen molar-refractivity contribution in [2.45, 2.75) is 51.0 Å². The van der Waals surface area contributed by atoms with Crippen molar-refractivity contribution >= 4 is 28.6 Å². The van der Waals surface area contributed by atoms with Crippen molar-refractivity contribution in [3.63, 3.8) is 0 Å². The fourth-order valence-corrected chi connectivity index (χ4v) is 6.13. The summed E-state index contributed by atoms with van der Waals surface area (Å²) in [7, 11) is 0. The first-order valence-corrected chi connectivity index (χ1v) is 13.0. The summed E-state index contributed by atoms with van der Waals surface area (Å²) in [5.41, 5.74) is 1.74. The van der Waals surface area contributed by atoms with E-state index in [1.54, 1.807) is 22.7 Å². The summed E-state index contributed by atoms with van der Waals surface area (Å²) in [6, 6.07) is 2.23. The highest BCUT2D eigenvalue weighted by Crippen LogP contribution is 2.31. The van der Waals surface area contributed by atoms with E-state index in [1.807, 2.05) is 10.3 Å². The second kappa shape index (κ2) is 10.1. The summed E-state index contributed by atoms with van der Waals surface area (Å²) >= 11 is 3.32. The topological polar surface area (TPSA) is 65.9 Å². The third-order valence-electron chi connectivity index (χ3n) is 6.32. The Balaban J connectivity index is 1.28. The number of likely N-dealkylation sites (tertiary alicyclic amines) is 1. The van der Waals surface area contributed by atoms with Crippen molar-refractivity contribution < 1.29 is 14.6 Å². The predicted octanol–water partition coefficient (Wildman–Crippen LogP) is 3.41. The summed E-state index contributed by atoms with van der Waals surface area (Å²) < 4.78 is 6.25. The molecule has 0 radical (unpaired) electrons. The number of aliphatic hydroxyl groups is 1. The van der Waals surface area contributed by atoms with Gasteiger partial charge < -0.3 is 19.6 Å². The molecular formula is C23H33N3O3S2. The van der Waals surface area contributed by atoms with Crippen molar-refractivity contribution in [1.82, 2.24) is 14.8 Å². The van der Waals surface area contributed by atoms with Crippen molar-refractivity contribution in [2.24, 2.45) is 0 Å². The van der Waals surface area contributed by atoms with Gasteiger partial charge in [-0.25, -0.2) is 4.98 Å². The smallest absolute Gasteiger partial charge is 0.273 e. The van der Waals surface area contributed by atoms with Gasteiger partial charge in [0.15, 0.2) is 0 Å². The molecule has 0 saturated carbocycles. The third kappa shape index (κ3) is 5.54. The van der Waals surface area contributed by atoms with Crippen LogP contribution >= 0.6 is 22.7 Å². The number of morpholine rings is 1. The minimum atomic E-state index is -0.210. The van der Waals surface area contributed by atoms with Gasteiger partial charge in [0.2, 0.25) is 0 Å². The van der Waals surface area contributed by atoms with E-state index in [0.29, 0.717) is 31.3 Å². The number of rotatable bonds is 7. The molecule has 0 aromatic carbocycles. The molecule has 0 aliphatic carbocycles. The average Bonchev–Trinajstić information content (AvgIpc) is 3.43. The van der Waals surface area contributed by atoms with E-state index >= 15 is 0 Å². The van der Waals surface area contributed by atoms with Gasteiger partial charge in [-0.05, 0) is 36.3 Å². The molecule has 2 saturated heterocycles. The van der Waals surface area contributed by atoms with E-state index in [-0.39, 0.29) is 18.1 Å². The van der Waals surface area contributed by atoms with Gasteiger partial charge in [0.25, 0.3) is 5.91 Å². The summed E-state index contributed by atoms with van der Waals surface area (Å²) in [5, 5.41) is 14.2. The van der Waals surface area contributed by atoms with Crippen LogP contribution in [0.4, 0.5) is 0 Å². The molecule has 4 rings (SSSR count). The van der Waals surface area contributed by atoms with Crippen molar-refractivity contribution in [3.8, 4) is 0 Å². The number of hydrogen-bond donors (Lipinski definition) is 1. The Morgan fingerprint density at radius 3 is 2.74 bits per heavy atom. The highest BCUT2D eigenvalue weighted by Gasteiger charge is 2.41. The number of ether oxygens (including phenoxy) is 1. The van der Waals surface area contributed by atoms with Crippen molar-refractivity contribution in [2.75, 3.05) is 45.9 Å². The highest BCUT2D eigenvalue weighted by molar-refractivity contribution is 7.10. The van der Waals surface area contributed by atoms with Crippen LogP contribution in [0.5, 0.6) is 0 Å². The van der Waals surface area contributed by atoms with Crippen LogP contribution < -0.4 is 0 Å². The molecule has 6 nitrogen and oxygen atoms in total.